The normalized spacial score (nSPS) is 10.7. The molecule has 0 unspecified atom stereocenters. The van der Waals surface area contributed by atoms with E-state index in [-0.39, 0.29) is 0 Å². The van der Waals surface area contributed by atoms with Crippen LogP contribution in [0.4, 0.5) is 0 Å². The average Bonchev–Trinajstić information content (AvgIpc) is 2.29. The van der Waals surface area contributed by atoms with Gasteiger partial charge in [-0.3, -0.25) is 4.98 Å². The lowest BCUT2D eigenvalue weighted by atomic mass is 10.1. The van der Waals surface area contributed by atoms with Gasteiger partial charge in [0.25, 0.3) is 0 Å². The Morgan fingerprint density at radius 2 is 1.67 bits per heavy atom. The van der Waals surface area contributed by atoms with E-state index >= 15 is 0 Å². The van der Waals surface area contributed by atoms with E-state index in [1.54, 1.807) is 12.4 Å². The zero-order valence-corrected chi connectivity index (χ0v) is 8.85. The van der Waals surface area contributed by atoms with Gasteiger partial charge in [0.05, 0.1) is 0 Å². The van der Waals surface area contributed by atoms with Gasteiger partial charge in [0.1, 0.15) is 0 Å². The lowest BCUT2D eigenvalue weighted by molar-refractivity contribution is 1.32. The number of benzene rings is 1. The van der Waals surface area contributed by atoms with Crippen molar-refractivity contribution in [3.8, 4) is 0 Å². The van der Waals surface area contributed by atoms with E-state index in [0.29, 0.717) is 0 Å². The Labute approximate surface area is 94.1 Å². The summed E-state index contributed by atoms with van der Waals surface area (Å²) in [6, 6.07) is 11.7. The lowest BCUT2D eigenvalue weighted by Crippen LogP contribution is -1.75. The van der Waals surface area contributed by atoms with Gasteiger partial charge in [0.15, 0.2) is 0 Å². The maximum absolute atomic E-state index is 6.03. The molecule has 0 aliphatic carbocycles. The van der Waals surface area contributed by atoms with Gasteiger partial charge in [-0.25, -0.2) is 0 Å². The average molecular weight is 216 g/mol. The van der Waals surface area contributed by atoms with Crippen molar-refractivity contribution >= 4 is 23.8 Å². The maximum Gasteiger partial charge on any atom is 0.0478 e. The quantitative estimate of drug-likeness (QED) is 0.740. The van der Waals surface area contributed by atoms with E-state index in [1.165, 1.54) is 0 Å². The largest absolute Gasteiger partial charge is 0.265 e. The topological polar surface area (TPSA) is 12.9 Å². The monoisotopic (exact) mass is 215 g/mol. The Morgan fingerprint density at radius 1 is 0.933 bits per heavy atom. The van der Waals surface area contributed by atoms with Crippen molar-refractivity contribution in [2.75, 3.05) is 0 Å². The number of hydrogen-bond donors (Lipinski definition) is 0. The summed E-state index contributed by atoms with van der Waals surface area (Å²) in [5.41, 5.74) is 2.14. The first kappa shape index (κ1) is 9.94. The molecule has 0 fully saturated rings. The first-order valence-corrected chi connectivity index (χ1v) is 5.07. The molecule has 1 aromatic carbocycles. The second kappa shape index (κ2) is 4.76. The Hall–Kier alpha value is -1.60. The third-order valence-electron chi connectivity index (χ3n) is 2.07. The molecule has 0 spiro atoms. The fraction of sp³-hybridized carbons (Fsp3) is 0. The van der Waals surface area contributed by atoms with Gasteiger partial charge in [0.2, 0.25) is 0 Å². The van der Waals surface area contributed by atoms with Crippen LogP contribution in [0.5, 0.6) is 0 Å². The summed E-state index contributed by atoms with van der Waals surface area (Å²) in [4.78, 5) is 3.96. The Balaban J connectivity index is 2.23. The van der Waals surface area contributed by atoms with Gasteiger partial charge in [-0.1, -0.05) is 42.0 Å². The third-order valence-corrected chi connectivity index (χ3v) is 2.41. The van der Waals surface area contributed by atoms with Crippen LogP contribution in [-0.4, -0.2) is 4.98 Å². The fourth-order valence-electron chi connectivity index (χ4n) is 1.27. The highest BCUT2D eigenvalue weighted by molar-refractivity contribution is 6.32. The summed E-state index contributed by atoms with van der Waals surface area (Å²) < 4.78 is 0. The molecule has 2 rings (SSSR count). The molecule has 0 amide bonds. The highest BCUT2D eigenvalue weighted by atomic mass is 35.5. The first-order chi connectivity index (χ1) is 7.36. The van der Waals surface area contributed by atoms with E-state index in [9.17, 15) is 0 Å². The Bertz CT molecular complexity index is 463. The van der Waals surface area contributed by atoms with Crippen molar-refractivity contribution in [1.82, 2.24) is 4.98 Å². The smallest absolute Gasteiger partial charge is 0.0478 e. The van der Waals surface area contributed by atoms with Crippen LogP contribution >= 0.6 is 11.6 Å². The minimum Gasteiger partial charge on any atom is -0.265 e. The zero-order valence-electron chi connectivity index (χ0n) is 8.10. The van der Waals surface area contributed by atoms with Crippen LogP contribution in [0, 0.1) is 0 Å². The number of pyridine rings is 1. The molecule has 15 heavy (non-hydrogen) atoms. The molecule has 0 saturated heterocycles. The molecule has 1 aromatic heterocycles. The molecule has 2 heteroatoms. The van der Waals surface area contributed by atoms with Crippen LogP contribution in [0.15, 0.2) is 48.8 Å². The Morgan fingerprint density at radius 3 is 2.40 bits per heavy atom. The summed E-state index contributed by atoms with van der Waals surface area (Å²) in [5.74, 6) is 0. The molecule has 74 valence electrons. The van der Waals surface area contributed by atoms with Crippen molar-refractivity contribution in [2.24, 2.45) is 0 Å². The molecule has 2 aromatic rings. The molecule has 0 aliphatic rings. The van der Waals surface area contributed by atoms with Crippen LogP contribution in [0.3, 0.4) is 0 Å². The predicted octanol–water partition coefficient (Wildman–Crippen LogP) is 3.91. The predicted molar refractivity (Wildman–Crippen MR) is 64.6 cm³/mol. The van der Waals surface area contributed by atoms with E-state index in [1.807, 2.05) is 48.6 Å². The highest BCUT2D eigenvalue weighted by Crippen LogP contribution is 2.17. The van der Waals surface area contributed by atoms with Gasteiger partial charge in [0, 0.05) is 17.4 Å². The number of aromatic nitrogens is 1. The lowest BCUT2D eigenvalue weighted by Gasteiger charge is -1.96. The molecular weight excluding hydrogens is 206 g/mol. The molecule has 1 nitrogen and oxygen atoms in total. The number of halogens is 1. The van der Waals surface area contributed by atoms with Crippen LogP contribution < -0.4 is 0 Å². The summed E-state index contributed by atoms with van der Waals surface area (Å²) in [6.07, 6.45) is 7.55. The van der Waals surface area contributed by atoms with Crippen LogP contribution in [0.1, 0.15) is 11.1 Å². The highest BCUT2D eigenvalue weighted by Gasteiger charge is 1.92. The fourth-order valence-corrected chi connectivity index (χ4v) is 1.47. The second-order valence-electron chi connectivity index (χ2n) is 3.14. The van der Waals surface area contributed by atoms with Crippen LogP contribution in [0.25, 0.3) is 12.2 Å². The summed E-state index contributed by atoms with van der Waals surface area (Å²) in [7, 11) is 0. The van der Waals surface area contributed by atoms with Crippen LogP contribution in [-0.2, 0) is 0 Å². The zero-order chi connectivity index (χ0) is 10.5. The van der Waals surface area contributed by atoms with Crippen molar-refractivity contribution < 1.29 is 0 Å². The van der Waals surface area contributed by atoms with Gasteiger partial charge < -0.3 is 0 Å². The summed E-state index contributed by atoms with van der Waals surface area (Å²) in [5, 5.41) is 0.766. The minimum absolute atomic E-state index is 0.766. The SMILES string of the molecule is Clc1ccccc1C=Cc1ccncc1. The molecule has 0 saturated carbocycles. The summed E-state index contributed by atoms with van der Waals surface area (Å²) >= 11 is 6.03. The maximum atomic E-state index is 6.03. The van der Waals surface area contributed by atoms with Crippen molar-refractivity contribution in [3.05, 3.63) is 64.9 Å². The van der Waals surface area contributed by atoms with Gasteiger partial charge >= 0.3 is 0 Å². The van der Waals surface area contributed by atoms with Crippen molar-refractivity contribution in [3.63, 3.8) is 0 Å². The molecule has 0 atom stereocenters. The second-order valence-corrected chi connectivity index (χ2v) is 3.54. The molecule has 0 bridgehead atoms. The van der Waals surface area contributed by atoms with Crippen molar-refractivity contribution in [2.45, 2.75) is 0 Å². The third kappa shape index (κ3) is 2.67. The number of nitrogens with zero attached hydrogens (tertiary/aromatic N) is 1. The summed E-state index contributed by atoms with van der Waals surface area (Å²) in [6.45, 7) is 0. The van der Waals surface area contributed by atoms with Crippen molar-refractivity contribution in [1.29, 1.82) is 0 Å². The number of rotatable bonds is 2. The minimum atomic E-state index is 0.766. The van der Waals surface area contributed by atoms with Gasteiger partial charge in [-0.2, -0.15) is 0 Å². The van der Waals surface area contributed by atoms with E-state index in [2.05, 4.69) is 4.98 Å². The van der Waals surface area contributed by atoms with Crippen LogP contribution in [0.2, 0.25) is 5.02 Å². The molecule has 0 aliphatic heterocycles. The number of hydrogen-bond acceptors (Lipinski definition) is 1. The molecule has 0 radical (unpaired) electrons. The van der Waals surface area contributed by atoms with Gasteiger partial charge in [-0.05, 0) is 29.3 Å². The van der Waals surface area contributed by atoms with E-state index in [0.717, 1.165) is 16.1 Å². The first-order valence-electron chi connectivity index (χ1n) is 4.69. The van der Waals surface area contributed by atoms with E-state index in [4.69, 9.17) is 11.6 Å². The standard InChI is InChI=1S/C13H10ClN/c14-13-4-2-1-3-12(13)6-5-11-7-9-15-10-8-11/h1-10H. The molecular formula is C13H10ClN. The molecule has 0 N–H and O–H groups in total. The van der Waals surface area contributed by atoms with E-state index < -0.39 is 0 Å². The van der Waals surface area contributed by atoms with Gasteiger partial charge in [-0.15, -0.1) is 0 Å². The Kier molecular flexibility index (Phi) is 3.15. The molecule has 1 heterocycles.